The third-order valence-electron chi connectivity index (χ3n) is 8.06. The molecule has 2 N–H and O–H groups in total. The quantitative estimate of drug-likeness (QED) is 0.602. The van der Waals surface area contributed by atoms with Crippen LogP contribution >= 0.6 is 0 Å². The van der Waals surface area contributed by atoms with Gasteiger partial charge in [0, 0.05) is 12.5 Å². The zero-order valence-corrected chi connectivity index (χ0v) is 15.0. The van der Waals surface area contributed by atoms with Crippen molar-refractivity contribution in [3.8, 4) is 0 Å². The minimum atomic E-state index is -0.548. The molecule has 1 saturated heterocycles. The normalized spacial score (nSPS) is 53.0. The van der Waals surface area contributed by atoms with E-state index in [0.717, 1.165) is 37.7 Å². The zero-order valence-electron chi connectivity index (χ0n) is 15.0. The van der Waals surface area contributed by atoms with E-state index in [-0.39, 0.29) is 40.8 Å². The summed E-state index contributed by atoms with van der Waals surface area (Å²) in [5, 5.41) is 20.5. The highest BCUT2D eigenvalue weighted by molar-refractivity contribution is 5.80. The van der Waals surface area contributed by atoms with Crippen molar-refractivity contribution in [2.75, 3.05) is 6.61 Å². The van der Waals surface area contributed by atoms with E-state index in [2.05, 4.69) is 26.8 Å². The van der Waals surface area contributed by atoms with Crippen molar-refractivity contribution in [3.05, 3.63) is 11.6 Å². The fourth-order valence-electron chi connectivity index (χ4n) is 6.68. The molecule has 4 nitrogen and oxygen atoms in total. The molecule has 0 radical (unpaired) electrons. The minimum Gasteiger partial charge on any atom is -0.457 e. The Morgan fingerprint density at radius 1 is 1.25 bits per heavy atom. The molecule has 0 amide bonds. The van der Waals surface area contributed by atoms with Crippen molar-refractivity contribution in [3.63, 3.8) is 0 Å². The SMILES string of the molecule is CC1(CCO)CCC2C(=CC3OC(=O)C4(C)CCCC2(C)C34)C1O. The van der Waals surface area contributed by atoms with Crippen LogP contribution in [0, 0.1) is 28.1 Å². The highest BCUT2D eigenvalue weighted by Gasteiger charge is 2.67. The lowest BCUT2D eigenvalue weighted by Crippen LogP contribution is -2.56. The number of aliphatic hydroxyl groups excluding tert-OH is 2. The van der Waals surface area contributed by atoms with E-state index in [0.29, 0.717) is 12.3 Å². The predicted molar refractivity (Wildman–Crippen MR) is 90.1 cm³/mol. The number of fused-ring (bicyclic) bond motifs is 2. The number of esters is 1. The molecule has 2 saturated carbocycles. The number of aliphatic hydroxyl groups is 2. The molecule has 0 aromatic rings. The lowest BCUT2D eigenvalue weighted by atomic mass is 9.45. The van der Waals surface area contributed by atoms with Gasteiger partial charge in [-0.25, -0.2) is 0 Å². The number of carbonyl (C=O) groups excluding carboxylic acids is 1. The van der Waals surface area contributed by atoms with Crippen LogP contribution in [-0.2, 0) is 9.53 Å². The highest BCUT2D eigenvalue weighted by Crippen LogP contribution is 2.66. The maximum atomic E-state index is 12.6. The van der Waals surface area contributed by atoms with Crippen molar-refractivity contribution in [2.24, 2.45) is 28.1 Å². The molecule has 0 spiro atoms. The maximum Gasteiger partial charge on any atom is 0.312 e. The third-order valence-corrected chi connectivity index (χ3v) is 8.06. The Kier molecular flexibility index (Phi) is 3.51. The number of ether oxygens (including phenoxy) is 1. The van der Waals surface area contributed by atoms with Gasteiger partial charge in [-0.15, -0.1) is 0 Å². The smallest absolute Gasteiger partial charge is 0.312 e. The average Bonchev–Trinajstić information content (AvgIpc) is 2.77. The van der Waals surface area contributed by atoms with E-state index >= 15 is 0 Å². The summed E-state index contributed by atoms with van der Waals surface area (Å²) in [5.41, 5.74) is 0.451. The molecule has 7 atom stereocenters. The fraction of sp³-hybridized carbons (Fsp3) is 0.850. The van der Waals surface area contributed by atoms with Gasteiger partial charge in [0.25, 0.3) is 0 Å². The molecule has 3 aliphatic carbocycles. The van der Waals surface area contributed by atoms with Crippen LogP contribution in [0.4, 0.5) is 0 Å². The van der Waals surface area contributed by atoms with Gasteiger partial charge in [0.15, 0.2) is 0 Å². The first-order chi connectivity index (χ1) is 11.3. The molecular formula is C20H30O4. The first-order valence-corrected chi connectivity index (χ1v) is 9.48. The van der Waals surface area contributed by atoms with Crippen LogP contribution < -0.4 is 0 Å². The average molecular weight is 334 g/mol. The summed E-state index contributed by atoms with van der Waals surface area (Å²) in [6, 6.07) is 0. The summed E-state index contributed by atoms with van der Waals surface area (Å²) in [6.07, 6.45) is 6.98. The van der Waals surface area contributed by atoms with E-state index in [1.807, 2.05) is 0 Å². The molecular weight excluding hydrogens is 304 g/mol. The molecule has 0 aromatic heterocycles. The van der Waals surface area contributed by atoms with Gasteiger partial charge in [-0.3, -0.25) is 4.79 Å². The molecule has 3 fully saturated rings. The van der Waals surface area contributed by atoms with Crippen LogP contribution in [0.2, 0.25) is 0 Å². The minimum absolute atomic E-state index is 0.0232. The first kappa shape index (κ1) is 16.6. The van der Waals surface area contributed by atoms with Gasteiger partial charge in [-0.05, 0) is 67.4 Å². The standard InChI is InChI=1S/C20H30O4/c1-18(9-10-21)8-5-13-12(16(18)22)11-14-15-19(13,2)6-4-7-20(15,3)17(23)24-14/h11,13-16,21-22H,4-10H2,1-3H3. The molecule has 7 unspecified atom stereocenters. The van der Waals surface area contributed by atoms with E-state index in [4.69, 9.17) is 4.74 Å². The summed E-state index contributed by atoms with van der Waals surface area (Å²) < 4.78 is 5.80. The van der Waals surface area contributed by atoms with Crippen molar-refractivity contribution >= 4 is 5.97 Å². The molecule has 4 heteroatoms. The van der Waals surface area contributed by atoms with Crippen LogP contribution in [0.5, 0.6) is 0 Å². The Bertz CT molecular complexity index is 598. The van der Waals surface area contributed by atoms with Crippen molar-refractivity contribution < 1.29 is 19.7 Å². The lowest BCUT2D eigenvalue weighted by Gasteiger charge is -2.58. The third kappa shape index (κ3) is 1.90. The van der Waals surface area contributed by atoms with Crippen LogP contribution in [0.3, 0.4) is 0 Å². The highest BCUT2D eigenvalue weighted by atomic mass is 16.6. The summed E-state index contributed by atoms with van der Waals surface area (Å²) in [6.45, 7) is 6.58. The van der Waals surface area contributed by atoms with E-state index in [1.165, 1.54) is 0 Å². The largest absolute Gasteiger partial charge is 0.457 e. The zero-order chi connectivity index (χ0) is 17.3. The van der Waals surface area contributed by atoms with Crippen LogP contribution in [0.15, 0.2) is 11.6 Å². The molecule has 0 aromatic carbocycles. The topological polar surface area (TPSA) is 66.8 Å². The van der Waals surface area contributed by atoms with E-state index < -0.39 is 6.10 Å². The summed E-state index contributed by atoms with van der Waals surface area (Å²) in [5.74, 6) is 0.510. The fourth-order valence-corrected chi connectivity index (χ4v) is 6.68. The van der Waals surface area contributed by atoms with Gasteiger partial charge >= 0.3 is 5.97 Å². The molecule has 4 rings (SSSR count). The summed E-state index contributed by atoms with van der Waals surface area (Å²) in [4.78, 5) is 12.6. The Balaban J connectivity index is 1.79. The Labute approximate surface area is 144 Å². The monoisotopic (exact) mass is 334 g/mol. The van der Waals surface area contributed by atoms with Gasteiger partial charge in [0.05, 0.1) is 11.5 Å². The van der Waals surface area contributed by atoms with Crippen molar-refractivity contribution in [2.45, 2.75) is 71.5 Å². The van der Waals surface area contributed by atoms with E-state index in [9.17, 15) is 15.0 Å². The number of carbonyl (C=O) groups is 1. The van der Waals surface area contributed by atoms with Crippen molar-refractivity contribution in [1.29, 1.82) is 0 Å². The van der Waals surface area contributed by atoms with Gasteiger partial charge in [-0.2, -0.15) is 0 Å². The van der Waals surface area contributed by atoms with Gasteiger partial charge < -0.3 is 14.9 Å². The van der Waals surface area contributed by atoms with Crippen LogP contribution in [-0.4, -0.2) is 35.0 Å². The number of rotatable bonds is 2. The van der Waals surface area contributed by atoms with Gasteiger partial charge in [-0.1, -0.05) is 20.3 Å². The second-order valence-corrected chi connectivity index (χ2v) is 9.41. The predicted octanol–water partition coefficient (Wildman–Crippen LogP) is 2.82. The van der Waals surface area contributed by atoms with Crippen LogP contribution in [0.25, 0.3) is 0 Å². The van der Waals surface area contributed by atoms with Crippen LogP contribution in [0.1, 0.15) is 59.3 Å². The molecule has 24 heavy (non-hydrogen) atoms. The molecule has 134 valence electrons. The molecule has 1 heterocycles. The summed E-state index contributed by atoms with van der Waals surface area (Å²) in [7, 11) is 0. The van der Waals surface area contributed by atoms with E-state index in [1.54, 1.807) is 0 Å². The van der Waals surface area contributed by atoms with Gasteiger partial charge in [0.1, 0.15) is 6.10 Å². The first-order valence-electron chi connectivity index (χ1n) is 9.48. The molecule has 0 bridgehead atoms. The summed E-state index contributed by atoms with van der Waals surface area (Å²) >= 11 is 0. The lowest BCUT2D eigenvalue weighted by molar-refractivity contribution is -0.148. The Morgan fingerprint density at radius 3 is 2.71 bits per heavy atom. The maximum absolute atomic E-state index is 12.6. The van der Waals surface area contributed by atoms with Gasteiger partial charge in [0.2, 0.25) is 0 Å². The molecule has 4 aliphatic rings. The number of hydrogen-bond acceptors (Lipinski definition) is 4. The van der Waals surface area contributed by atoms with Crippen molar-refractivity contribution in [1.82, 2.24) is 0 Å². The Morgan fingerprint density at radius 2 is 2.00 bits per heavy atom. The second-order valence-electron chi connectivity index (χ2n) is 9.41. The Hall–Kier alpha value is -0.870. The number of hydrogen-bond donors (Lipinski definition) is 2. The molecule has 1 aliphatic heterocycles. The second kappa shape index (κ2) is 5.07.